The molecule has 4 nitrogen and oxygen atoms in total. The number of halogens is 6. The third-order valence-corrected chi connectivity index (χ3v) is 4.21. The van der Waals surface area contributed by atoms with Crippen LogP contribution in [0.4, 0.5) is 26.3 Å². The fourth-order valence-electron chi connectivity index (χ4n) is 2.29. The standard InChI is InChI=1S/C16H12F6O4S/c1-14(2)25-12(23)10(13(24)26-14)11(27-3)7-4-8(15(17,18)19)6-9(5-7)16(20,21)22/h4-6H,1-3H3. The molecule has 1 aliphatic rings. The van der Waals surface area contributed by atoms with Gasteiger partial charge in [0.2, 0.25) is 0 Å². The Bertz CT molecular complexity index is 769. The van der Waals surface area contributed by atoms with Crippen LogP contribution in [-0.4, -0.2) is 24.0 Å². The quantitative estimate of drug-likeness (QED) is 0.306. The van der Waals surface area contributed by atoms with E-state index in [1.807, 2.05) is 0 Å². The second-order valence-corrected chi connectivity index (χ2v) is 6.70. The smallest absolute Gasteiger partial charge is 0.416 e. The van der Waals surface area contributed by atoms with Gasteiger partial charge in [-0.25, -0.2) is 9.59 Å². The molecule has 11 heteroatoms. The summed E-state index contributed by atoms with van der Waals surface area (Å²) in [4.78, 5) is 23.8. The SMILES string of the molecule is CSC(=C1C(=O)OC(C)(C)OC1=O)c1cc(C(F)(F)F)cc(C(F)(F)F)c1. The van der Waals surface area contributed by atoms with Gasteiger partial charge in [-0.05, 0) is 30.0 Å². The summed E-state index contributed by atoms with van der Waals surface area (Å²) < 4.78 is 87.9. The summed E-state index contributed by atoms with van der Waals surface area (Å²) in [5, 5.41) is 0. The average Bonchev–Trinajstić information content (AvgIpc) is 2.47. The molecule has 0 aromatic heterocycles. The topological polar surface area (TPSA) is 52.6 Å². The maximum absolute atomic E-state index is 13.0. The first kappa shape index (κ1) is 21.1. The highest BCUT2D eigenvalue weighted by molar-refractivity contribution is 8.07. The van der Waals surface area contributed by atoms with Crippen LogP contribution < -0.4 is 0 Å². The number of benzene rings is 1. The molecular weight excluding hydrogens is 402 g/mol. The van der Waals surface area contributed by atoms with E-state index >= 15 is 0 Å². The largest absolute Gasteiger partial charge is 0.419 e. The van der Waals surface area contributed by atoms with Crippen molar-refractivity contribution in [2.24, 2.45) is 0 Å². The van der Waals surface area contributed by atoms with Crippen molar-refractivity contribution < 1.29 is 45.4 Å². The highest BCUT2D eigenvalue weighted by Crippen LogP contribution is 2.41. The minimum Gasteiger partial charge on any atom is -0.419 e. The van der Waals surface area contributed by atoms with Gasteiger partial charge in [0.1, 0.15) is 0 Å². The van der Waals surface area contributed by atoms with E-state index in [0.29, 0.717) is 23.9 Å². The molecule has 2 rings (SSSR count). The van der Waals surface area contributed by atoms with Gasteiger partial charge in [0.15, 0.2) is 5.57 Å². The lowest BCUT2D eigenvalue weighted by Gasteiger charge is -2.30. The highest BCUT2D eigenvalue weighted by Gasteiger charge is 2.42. The maximum Gasteiger partial charge on any atom is 0.416 e. The Kier molecular flexibility index (Phi) is 5.30. The summed E-state index contributed by atoms with van der Waals surface area (Å²) in [5.41, 5.74) is -4.52. The van der Waals surface area contributed by atoms with Gasteiger partial charge in [0.25, 0.3) is 5.79 Å². The average molecular weight is 414 g/mol. The summed E-state index contributed by atoms with van der Waals surface area (Å²) in [6.07, 6.45) is -8.85. The van der Waals surface area contributed by atoms with Crippen LogP contribution in [0, 0.1) is 0 Å². The van der Waals surface area contributed by atoms with Gasteiger partial charge in [0, 0.05) is 18.8 Å². The second-order valence-electron chi connectivity index (χ2n) is 5.88. The Balaban J connectivity index is 2.73. The van der Waals surface area contributed by atoms with Crippen LogP contribution in [0.25, 0.3) is 4.91 Å². The number of thioether (sulfide) groups is 1. The molecule has 0 spiro atoms. The zero-order chi connectivity index (χ0) is 20.8. The van der Waals surface area contributed by atoms with E-state index in [-0.39, 0.29) is 6.07 Å². The number of hydrogen-bond acceptors (Lipinski definition) is 5. The predicted octanol–water partition coefficient (Wildman–Crippen LogP) is 4.63. The molecule has 1 aromatic rings. The fourth-order valence-corrected chi connectivity index (χ4v) is 3.01. The molecule has 1 aromatic carbocycles. The molecule has 1 saturated heterocycles. The van der Waals surface area contributed by atoms with Crippen molar-refractivity contribution in [2.75, 3.05) is 6.26 Å². The maximum atomic E-state index is 13.0. The van der Waals surface area contributed by atoms with Crippen molar-refractivity contribution in [3.05, 3.63) is 40.5 Å². The number of carbonyl (C=O) groups is 2. The van der Waals surface area contributed by atoms with E-state index < -0.39 is 57.2 Å². The zero-order valence-electron chi connectivity index (χ0n) is 14.0. The molecule has 1 heterocycles. The van der Waals surface area contributed by atoms with Crippen LogP contribution in [-0.2, 0) is 31.4 Å². The fraction of sp³-hybridized carbons (Fsp3) is 0.375. The van der Waals surface area contributed by atoms with Gasteiger partial charge in [-0.1, -0.05) is 0 Å². The van der Waals surface area contributed by atoms with Gasteiger partial charge >= 0.3 is 24.3 Å². The van der Waals surface area contributed by atoms with Crippen LogP contribution in [0.1, 0.15) is 30.5 Å². The molecule has 148 valence electrons. The molecule has 0 bridgehead atoms. The van der Waals surface area contributed by atoms with E-state index in [2.05, 4.69) is 0 Å². The molecule has 0 saturated carbocycles. The molecule has 0 radical (unpaired) electrons. The lowest BCUT2D eigenvalue weighted by atomic mass is 10.0. The Morgan fingerprint density at radius 2 is 1.30 bits per heavy atom. The predicted molar refractivity (Wildman–Crippen MR) is 83.1 cm³/mol. The summed E-state index contributed by atoms with van der Waals surface area (Å²) >= 11 is 0.619. The molecule has 27 heavy (non-hydrogen) atoms. The van der Waals surface area contributed by atoms with Gasteiger partial charge < -0.3 is 9.47 Å². The zero-order valence-corrected chi connectivity index (χ0v) is 14.9. The van der Waals surface area contributed by atoms with E-state index in [4.69, 9.17) is 9.47 Å². The molecule has 0 aliphatic carbocycles. The van der Waals surface area contributed by atoms with E-state index in [1.165, 1.54) is 20.1 Å². The third-order valence-electron chi connectivity index (χ3n) is 3.37. The number of cyclic esters (lactones) is 2. The molecule has 0 unspecified atom stereocenters. The van der Waals surface area contributed by atoms with Crippen molar-refractivity contribution in [1.82, 2.24) is 0 Å². The van der Waals surface area contributed by atoms with Gasteiger partial charge in [-0.2, -0.15) is 26.3 Å². The molecule has 0 atom stereocenters. The Morgan fingerprint density at radius 3 is 1.63 bits per heavy atom. The molecule has 0 N–H and O–H groups in total. The summed E-state index contributed by atoms with van der Waals surface area (Å²) in [7, 11) is 0. The van der Waals surface area contributed by atoms with Crippen LogP contribution in [0.2, 0.25) is 0 Å². The Hall–Kier alpha value is -2.17. The first-order valence-electron chi connectivity index (χ1n) is 7.20. The normalized spacial score (nSPS) is 17.4. The third kappa shape index (κ3) is 4.57. The number of carbonyl (C=O) groups excluding carboxylic acids is 2. The first-order chi connectivity index (χ1) is 12.2. The first-order valence-corrected chi connectivity index (χ1v) is 8.43. The van der Waals surface area contributed by atoms with E-state index in [1.54, 1.807) is 0 Å². The molecule has 1 aliphatic heterocycles. The minimum atomic E-state index is -5.07. The number of rotatable bonds is 2. The van der Waals surface area contributed by atoms with E-state index in [0.717, 1.165) is 0 Å². The van der Waals surface area contributed by atoms with E-state index in [9.17, 15) is 35.9 Å². The molecule has 0 amide bonds. The number of hydrogen-bond donors (Lipinski definition) is 0. The molecular formula is C16H12F6O4S. The highest BCUT2D eigenvalue weighted by atomic mass is 32.2. The van der Waals surface area contributed by atoms with Crippen LogP contribution in [0.5, 0.6) is 0 Å². The van der Waals surface area contributed by atoms with Crippen LogP contribution in [0.15, 0.2) is 23.8 Å². The number of alkyl halides is 6. The second kappa shape index (κ2) is 6.77. The number of esters is 2. The van der Waals surface area contributed by atoms with Gasteiger partial charge in [-0.15, -0.1) is 11.8 Å². The van der Waals surface area contributed by atoms with Crippen molar-refractivity contribution in [3.63, 3.8) is 0 Å². The number of ether oxygens (including phenoxy) is 2. The van der Waals surface area contributed by atoms with Gasteiger partial charge in [-0.3, -0.25) is 0 Å². The monoisotopic (exact) mass is 414 g/mol. The lowest BCUT2D eigenvalue weighted by Crippen LogP contribution is -2.42. The summed E-state index contributed by atoms with van der Waals surface area (Å²) in [6, 6.07) is 0.801. The summed E-state index contributed by atoms with van der Waals surface area (Å²) in [5.74, 6) is -4.01. The van der Waals surface area contributed by atoms with Crippen LogP contribution in [0.3, 0.4) is 0 Å². The van der Waals surface area contributed by atoms with Crippen molar-refractivity contribution in [2.45, 2.75) is 32.0 Å². The van der Waals surface area contributed by atoms with Crippen LogP contribution >= 0.6 is 11.8 Å². The summed E-state index contributed by atoms with van der Waals surface area (Å²) in [6.45, 7) is 2.51. The van der Waals surface area contributed by atoms with Crippen molar-refractivity contribution >= 4 is 28.6 Å². The minimum absolute atomic E-state index is 0.0489. The van der Waals surface area contributed by atoms with Crippen molar-refractivity contribution in [1.29, 1.82) is 0 Å². The van der Waals surface area contributed by atoms with Crippen molar-refractivity contribution in [3.8, 4) is 0 Å². The Labute approximate surface area is 153 Å². The van der Waals surface area contributed by atoms with Gasteiger partial charge in [0.05, 0.1) is 11.1 Å². The lowest BCUT2D eigenvalue weighted by molar-refractivity contribution is -0.222. The molecule has 1 fully saturated rings. The Morgan fingerprint density at radius 1 is 0.889 bits per heavy atom.